The number of anilines is 1. The molecule has 8 heteroatoms. The number of halogens is 2. The Morgan fingerprint density at radius 1 is 1.79 bits per heavy atom. The van der Waals surface area contributed by atoms with E-state index in [1.54, 1.807) is 0 Å². The molecule has 1 N–H and O–H groups in total. The van der Waals surface area contributed by atoms with Gasteiger partial charge in [0.05, 0.1) is 13.6 Å². The lowest BCUT2D eigenvalue weighted by Crippen LogP contribution is -2.13. The molecule has 0 unspecified atom stereocenters. The molecule has 0 amide bonds. The number of aromatic nitrogens is 2. The Labute approximate surface area is 77.7 Å². The van der Waals surface area contributed by atoms with Gasteiger partial charge in [0.1, 0.15) is 6.20 Å². The van der Waals surface area contributed by atoms with Gasteiger partial charge in [-0.25, -0.2) is 8.78 Å². The van der Waals surface area contributed by atoms with Crippen molar-refractivity contribution in [2.45, 2.75) is 6.43 Å². The average molecular weight is 206 g/mol. The van der Waals surface area contributed by atoms with Crippen LogP contribution in [0.15, 0.2) is 6.20 Å². The van der Waals surface area contributed by atoms with Crippen LogP contribution in [0.2, 0.25) is 0 Å². The predicted octanol–water partition coefficient (Wildman–Crippen LogP) is 1.01. The lowest BCUT2D eigenvalue weighted by molar-refractivity contribution is -0.391. The van der Waals surface area contributed by atoms with Gasteiger partial charge in [-0.1, -0.05) is 0 Å². The van der Waals surface area contributed by atoms with Gasteiger partial charge in [0.2, 0.25) is 0 Å². The van der Waals surface area contributed by atoms with Crippen molar-refractivity contribution in [3.8, 4) is 0 Å². The maximum atomic E-state index is 11.8. The number of imidazole rings is 1. The van der Waals surface area contributed by atoms with Crippen molar-refractivity contribution in [2.75, 3.05) is 11.9 Å². The topological polar surface area (TPSA) is 73.0 Å². The van der Waals surface area contributed by atoms with Gasteiger partial charge in [-0.3, -0.25) is 0 Å². The second-order valence-corrected chi connectivity index (χ2v) is 2.53. The first-order valence-corrected chi connectivity index (χ1v) is 3.70. The third-order valence-corrected chi connectivity index (χ3v) is 1.57. The highest BCUT2D eigenvalue weighted by atomic mass is 19.3. The quantitative estimate of drug-likeness (QED) is 0.589. The van der Waals surface area contributed by atoms with Crippen LogP contribution in [0.1, 0.15) is 0 Å². The lowest BCUT2D eigenvalue weighted by Gasteiger charge is -2.01. The molecule has 0 atom stereocenters. The minimum absolute atomic E-state index is 0.0528. The Kier molecular flexibility index (Phi) is 2.95. The minimum atomic E-state index is -2.52. The van der Waals surface area contributed by atoms with Gasteiger partial charge in [-0.15, -0.1) is 0 Å². The molecule has 1 rings (SSSR count). The van der Waals surface area contributed by atoms with Crippen LogP contribution >= 0.6 is 0 Å². The Morgan fingerprint density at radius 2 is 2.43 bits per heavy atom. The van der Waals surface area contributed by atoms with E-state index >= 15 is 0 Å². The van der Waals surface area contributed by atoms with Crippen molar-refractivity contribution in [2.24, 2.45) is 7.05 Å². The molecule has 0 aromatic carbocycles. The van der Waals surface area contributed by atoms with Gasteiger partial charge in [-0.05, 0) is 4.92 Å². The van der Waals surface area contributed by atoms with Gasteiger partial charge < -0.3 is 15.4 Å². The van der Waals surface area contributed by atoms with E-state index < -0.39 is 17.9 Å². The zero-order chi connectivity index (χ0) is 10.7. The highest BCUT2D eigenvalue weighted by Gasteiger charge is 2.16. The van der Waals surface area contributed by atoms with Crippen molar-refractivity contribution in [3.05, 3.63) is 16.3 Å². The number of hydrogen-bond acceptors (Lipinski definition) is 4. The van der Waals surface area contributed by atoms with E-state index in [1.807, 2.05) is 0 Å². The SMILES string of the molecule is Cn1c([N+](=O)[O-])cnc1NCC(F)F. The highest BCUT2D eigenvalue weighted by Crippen LogP contribution is 2.15. The van der Waals surface area contributed by atoms with E-state index in [1.165, 1.54) is 7.05 Å². The van der Waals surface area contributed by atoms with Gasteiger partial charge in [-0.2, -0.15) is 9.55 Å². The van der Waals surface area contributed by atoms with Crippen LogP contribution in [0.4, 0.5) is 20.5 Å². The van der Waals surface area contributed by atoms with E-state index in [9.17, 15) is 18.9 Å². The van der Waals surface area contributed by atoms with Crippen LogP contribution in [-0.4, -0.2) is 27.4 Å². The van der Waals surface area contributed by atoms with Crippen LogP contribution < -0.4 is 5.32 Å². The van der Waals surface area contributed by atoms with Gasteiger partial charge >= 0.3 is 5.82 Å². The Morgan fingerprint density at radius 3 is 2.86 bits per heavy atom. The number of hydrogen-bond donors (Lipinski definition) is 1. The van der Waals surface area contributed by atoms with Crippen LogP contribution in [0.25, 0.3) is 0 Å². The molecule has 0 aliphatic carbocycles. The van der Waals surface area contributed by atoms with Gasteiger partial charge in [0.15, 0.2) is 0 Å². The summed E-state index contributed by atoms with van der Waals surface area (Å²) in [5.41, 5.74) is 0. The van der Waals surface area contributed by atoms with Gasteiger partial charge in [0, 0.05) is 0 Å². The first-order valence-electron chi connectivity index (χ1n) is 3.70. The number of rotatable bonds is 4. The molecule has 0 saturated carbocycles. The van der Waals surface area contributed by atoms with E-state index in [0.29, 0.717) is 0 Å². The number of nitrogens with one attached hydrogen (secondary N) is 1. The smallest absolute Gasteiger partial charge is 0.344 e. The first kappa shape index (κ1) is 10.4. The second-order valence-electron chi connectivity index (χ2n) is 2.53. The molecule has 1 aromatic heterocycles. The minimum Gasteiger partial charge on any atom is -0.358 e. The summed E-state index contributed by atoms with van der Waals surface area (Å²) in [5.74, 6) is -0.196. The second kappa shape index (κ2) is 3.99. The summed E-state index contributed by atoms with van der Waals surface area (Å²) in [6.45, 7) is -0.581. The van der Waals surface area contributed by atoms with E-state index in [0.717, 1.165) is 10.8 Å². The number of alkyl halides is 2. The van der Waals surface area contributed by atoms with Crippen molar-refractivity contribution in [3.63, 3.8) is 0 Å². The fraction of sp³-hybridized carbons (Fsp3) is 0.500. The molecule has 14 heavy (non-hydrogen) atoms. The third-order valence-electron chi connectivity index (χ3n) is 1.57. The normalized spacial score (nSPS) is 10.6. The molecule has 1 heterocycles. The summed E-state index contributed by atoms with van der Waals surface area (Å²) >= 11 is 0. The molecule has 0 aliphatic rings. The largest absolute Gasteiger partial charge is 0.358 e. The van der Waals surface area contributed by atoms with E-state index in [-0.39, 0.29) is 11.8 Å². The molecule has 0 saturated heterocycles. The third kappa shape index (κ3) is 2.15. The Balaban J connectivity index is 2.74. The van der Waals surface area contributed by atoms with E-state index in [2.05, 4.69) is 10.3 Å². The summed E-state index contributed by atoms with van der Waals surface area (Å²) in [6, 6.07) is 0. The number of nitrogens with zero attached hydrogens (tertiary/aromatic N) is 3. The molecule has 0 fully saturated rings. The van der Waals surface area contributed by atoms with Crippen LogP contribution in [0, 0.1) is 10.1 Å². The molecule has 0 bridgehead atoms. The highest BCUT2D eigenvalue weighted by molar-refractivity contribution is 5.35. The zero-order valence-electron chi connectivity index (χ0n) is 7.28. The average Bonchev–Trinajstić information content (AvgIpc) is 2.43. The Hall–Kier alpha value is -1.73. The summed E-state index contributed by atoms with van der Waals surface area (Å²) in [5, 5.41) is 12.6. The van der Waals surface area contributed by atoms with Crippen LogP contribution in [-0.2, 0) is 7.05 Å². The van der Waals surface area contributed by atoms with Crippen molar-refractivity contribution in [1.29, 1.82) is 0 Å². The molecule has 1 aromatic rings. The maximum Gasteiger partial charge on any atom is 0.344 e. The fourth-order valence-corrected chi connectivity index (χ4v) is 0.903. The molecule has 6 nitrogen and oxygen atoms in total. The monoisotopic (exact) mass is 206 g/mol. The summed E-state index contributed by atoms with van der Waals surface area (Å²) in [7, 11) is 1.37. The maximum absolute atomic E-state index is 11.8. The first-order chi connectivity index (χ1) is 6.52. The molecule has 0 spiro atoms. The van der Waals surface area contributed by atoms with Gasteiger partial charge in [0.25, 0.3) is 12.4 Å². The summed E-state index contributed by atoms with van der Waals surface area (Å²) < 4.78 is 24.7. The summed E-state index contributed by atoms with van der Waals surface area (Å²) in [6.07, 6.45) is -1.51. The summed E-state index contributed by atoms with van der Waals surface area (Å²) in [4.78, 5) is 13.3. The Bertz CT molecular complexity index is 339. The standard InChI is InChI=1S/C6H8F2N4O2/c1-11-5(12(13)14)3-10-6(11)9-2-4(7)8/h3-4H,2H2,1H3,(H,9,10). The van der Waals surface area contributed by atoms with Crippen molar-refractivity contribution in [1.82, 2.24) is 9.55 Å². The van der Waals surface area contributed by atoms with Crippen LogP contribution in [0.5, 0.6) is 0 Å². The molecular formula is C6H8F2N4O2. The molecule has 0 aliphatic heterocycles. The number of nitro groups is 1. The van der Waals surface area contributed by atoms with Crippen molar-refractivity contribution < 1.29 is 13.7 Å². The molecule has 78 valence electrons. The lowest BCUT2D eigenvalue weighted by atomic mass is 10.7. The van der Waals surface area contributed by atoms with E-state index in [4.69, 9.17) is 0 Å². The van der Waals surface area contributed by atoms with Crippen molar-refractivity contribution >= 4 is 11.8 Å². The zero-order valence-corrected chi connectivity index (χ0v) is 7.28. The van der Waals surface area contributed by atoms with Crippen LogP contribution in [0.3, 0.4) is 0 Å². The molecule has 0 radical (unpaired) electrons. The molecular weight excluding hydrogens is 198 g/mol. The fourth-order valence-electron chi connectivity index (χ4n) is 0.903. The predicted molar refractivity (Wildman–Crippen MR) is 44.4 cm³/mol.